The molecule has 4 heteroatoms. The number of nitrogens with one attached hydrogen (secondary N) is 3. The lowest BCUT2D eigenvalue weighted by atomic mass is 10.2. The molecule has 0 radical (unpaired) electrons. The fraction of sp³-hybridized carbons (Fsp3) is 0.750. The number of H-pyrrole nitrogens is 1. The Bertz CT molecular complexity index is 304. The Morgan fingerprint density at radius 3 is 2.94 bits per heavy atom. The van der Waals surface area contributed by atoms with Crippen molar-refractivity contribution in [2.24, 2.45) is 0 Å². The highest BCUT2D eigenvalue weighted by Gasteiger charge is 2.25. The van der Waals surface area contributed by atoms with Gasteiger partial charge in [0, 0.05) is 18.2 Å². The zero-order valence-corrected chi connectivity index (χ0v) is 10.1. The maximum atomic E-state index is 4.33. The molecule has 3 N–H and O–H groups in total. The minimum atomic E-state index is 0.749. The number of aromatic nitrogens is 2. The van der Waals surface area contributed by atoms with Gasteiger partial charge in [0.05, 0.1) is 5.69 Å². The minimum Gasteiger partial charge on any atom is -0.317 e. The van der Waals surface area contributed by atoms with E-state index in [-0.39, 0.29) is 0 Å². The third-order valence-electron chi connectivity index (χ3n) is 2.92. The van der Waals surface area contributed by atoms with Gasteiger partial charge in [0.25, 0.3) is 0 Å². The van der Waals surface area contributed by atoms with E-state index in [9.17, 15) is 0 Å². The highest BCUT2D eigenvalue weighted by Crippen LogP contribution is 2.38. The molecule has 2 rings (SSSR count). The molecule has 0 aliphatic heterocycles. The van der Waals surface area contributed by atoms with Gasteiger partial charge in [-0.15, -0.1) is 0 Å². The second kappa shape index (κ2) is 6.01. The van der Waals surface area contributed by atoms with Crippen molar-refractivity contribution in [2.75, 3.05) is 19.6 Å². The highest BCUT2D eigenvalue weighted by atomic mass is 15.1. The van der Waals surface area contributed by atoms with Crippen LogP contribution in [0.2, 0.25) is 0 Å². The summed E-state index contributed by atoms with van der Waals surface area (Å²) >= 11 is 0. The zero-order valence-electron chi connectivity index (χ0n) is 10.1. The van der Waals surface area contributed by atoms with Gasteiger partial charge in [-0.3, -0.25) is 5.10 Å². The van der Waals surface area contributed by atoms with Gasteiger partial charge in [-0.2, -0.15) is 5.10 Å². The quantitative estimate of drug-likeness (QED) is 0.582. The first-order chi connectivity index (χ1) is 7.90. The molecule has 4 nitrogen and oxygen atoms in total. The van der Waals surface area contributed by atoms with Gasteiger partial charge in [0.2, 0.25) is 0 Å². The van der Waals surface area contributed by atoms with Crippen LogP contribution in [0.15, 0.2) is 6.07 Å². The second-order valence-corrected chi connectivity index (χ2v) is 4.48. The molecule has 0 spiro atoms. The monoisotopic (exact) mass is 222 g/mol. The van der Waals surface area contributed by atoms with Crippen LogP contribution < -0.4 is 10.6 Å². The van der Waals surface area contributed by atoms with Gasteiger partial charge in [-0.1, -0.05) is 6.92 Å². The second-order valence-electron chi connectivity index (χ2n) is 4.48. The van der Waals surface area contributed by atoms with E-state index in [1.54, 1.807) is 0 Å². The fourth-order valence-corrected chi connectivity index (χ4v) is 1.80. The number of hydrogen-bond donors (Lipinski definition) is 3. The van der Waals surface area contributed by atoms with E-state index in [1.165, 1.54) is 30.7 Å². The Balaban J connectivity index is 1.57. The third kappa shape index (κ3) is 3.61. The van der Waals surface area contributed by atoms with E-state index in [1.807, 2.05) is 0 Å². The number of nitrogens with zero attached hydrogens (tertiary/aromatic N) is 1. The molecular weight excluding hydrogens is 200 g/mol. The van der Waals surface area contributed by atoms with Crippen LogP contribution in [0.1, 0.15) is 43.5 Å². The molecule has 0 amide bonds. The summed E-state index contributed by atoms with van der Waals surface area (Å²) in [6, 6.07) is 2.20. The summed E-state index contributed by atoms with van der Waals surface area (Å²) in [7, 11) is 0. The molecule has 1 saturated carbocycles. The van der Waals surface area contributed by atoms with Crippen molar-refractivity contribution in [3.63, 3.8) is 0 Å². The molecule has 1 aromatic rings. The first-order valence-corrected chi connectivity index (χ1v) is 6.35. The van der Waals surface area contributed by atoms with Crippen LogP contribution in [0.25, 0.3) is 0 Å². The molecule has 1 aliphatic carbocycles. The lowest BCUT2D eigenvalue weighted by molar-refractivity contribution is 0.601. The number of rotatable bonds is 8. The largest absolute Gasteiger partial charge is 0.317 e. The first kappa shape index (κ1) is 11.6. The lowest BCUT2D eigenvalue weighted by Gasteiger charge is -2.03. The summed E-state index contributed by atoms with van der Waals surface area (Å²) in [6.07, 6.45) is 3.82. The van der Waals surface area contributed by atoms with Crippen LogP contribution in [0.5, 0.6) is 0 Å². The molecule has 1 aromatic heterocycles. The Morgan fingerprint density at radius 2 is 2.19 bits per heavy atom. The van der Waals surface area contributed by atoms with Gasteiger partial charge in [0.15, 0.2) is 0 Å². The Kier molecular flexibility index (Phi) is 4.36. The summed E-state index contributed by atoms with van der Waals surface area (Å²) in [6.45, 7) is 6.26. The summed E-state index contributed by atoms with van der Waals surface area (Å²) in [5, 5.41) is 14.2. The summed E-state index contributed by atoms with van der Waals surface area (Å²) in [4.78, 5) is 0. The van der Waals surface area contributed by atoms with Crippen LogP contribution in [-0.4, -0.2) is 29.8 Å². The van der Waals surface area contributed by atoms with Crippen molar-refractivity contribution in [2.45, 2.75) is 38.6 Å². The molecule has 1 heterocycles. The van der Waals surface area contributed by atoms with Gasteiger partial charge >= 0.3 is 0 Å². The van der Waals surface area contributed by atoms with Crippen LogP contribution >= 0.6 is 0 Å². The molecule has 16 heavy (non-hydrogen) atoms. The molecule has 0 bridgehead atoms. The van der Waals surface area contributed by atoms with E-state index >= 15 is 0 Å². The normalized spacial score (nSPS) is 15.6. The molecule has 0 unspecified atom stereocenters. The SMILES string of the molecule is CCNCCCNCc1cc(C2CC2)n[nH]1. The van der Waals surface area contributed by atoms with Crippen LogP contribution in [-0.2, 0) is 6.54 Å². The van der Waals surface area contributed by atoms with Gasteiger partial charge in [-0.25, -0.2) is 0 Å². The smallest absolute Gasteiger partial charge is 0.0656 e. The summed E-state index contributed by atoms with van der Waals surface area (Å²) in [5.41, 5.74) is 2.47. The maximum Gasteiger partial charge on any atom is 0.0656 e. The summed E-state index contributed by atoms with van der Waals surface area (Å²) < 4.78 is 0. The molecular formula is C12H22N4. The Morgan fingerprint density at radius 1 is 1.38 bits per heavy atom. The number of hydrogen-bond acceptors (Lipinski definition) is 3. The molecule has 0 aromatic carbocycles. The van der Waals surface area contributed by atoms with Crippen molar-refractivity contribution in [3.05, 3.63) is 17.5 Å². The molecule has 90 valence electrons. The Labute approximate surface area is 97.2 Å². The topological polar surface area (TPSA) is 52.7 Å². The van der Waals surface area contributed by atoms with Crippen LogP contribution in [0, 0.1) is 0 Å². The van der Waals surface area contributed by atoms with E-state index in [0.717, 1.165) is 32.1 Å². The van der Waals surface area contributed by atoms with Crippen molar-refractivity contribution in [3.8, 4) is 0 Å². The molecule has 0 atom stereocenters. The third-order valence-corrected chi connectivity index (χ3v) is 2.92. The van der Waals surface area contributed by atoms with E-state index in [4.69, 9.17) is 0 Å². The lowest BCUT2D eigenvalue weighted by Crippen LogP contribution is -2.21. The zero-order chi connectivity index (χ0) is 11.2. The predicted molar refractivity (Wildman–Crippen MR) is 65.4 cm³/mol. The average molecular weight is 222 g/mol. The van der Waals surface area contributed by atoms with Crippen LogP contribution in [0.4, 0.5) is 0 Å². The average Bonchev–Trinajstić information content (AvgIpc) is 3.04. The van der Waals surface area contributed by atoms with E-state index in [2.05, 4.69) is 33.8 Å². The highest BCUT2D eigenvalue weighted by molar-refractivity contribution is 5.17. The predicted octanol–water partition coefficient (Wildman–Crippen LogP) is 1.38. The number of aromatic amines is 1. The van der Waals surface area contributed by atoms with Crippen molar-refractivity contribution < 1.29 is 0 Å². The molecule has 0 saturated heterocycles. The maximum absolute atomic E-state index is 4.33. The van der Waals surface area contributed by atoms with Crippen molar-refractivity contribution in [1.29, 1.82) is 0 Å². The standard InChI is InChI=1S/C12H22N4/c1-2-13-6-3-7-14-9-11-8-12(16-15-11)10-4-5-10/h8,10,13-14H,2-7,9H2,1H3,(H,15,16). The van der Waals surface area contributed by atoms with E-state index < -0.39 is 0 Å². The van der Waals surface area contributed by atoms with Crippen molar-refractivity contribution >= 4 is 0 Å². The Hall–Kier alpha value is -0.870. The van der Waals surface area contributed by atoms with Gasteiger partial charge in [0.1, 0.15) is 0 Å². The van der Waals surface area contributed by atoms with E-state index in [0.29, 0.717) is 0 Å². The molecule has 1 fully saturated rings. The van der Waals surface area contributed by atoms with Gasteiger partial charge < -0.3 is 10.6 Å². The fourth-order valence-electron chi connectivity index (χ4n) is 1.80. The van der Waals surface area contributed by atoms with Gasteiger partial charge in [-0.05, 0) is 45.0 Å². The van der Waals surface area contributed by atoms with Crippen LogP contribution in [0.3, 0.4) is 0 Å². The molecule has 1 aliphatic rings. The minimum absolute atomic E-state index is 0.749. The first-order valence-electron chi connectivity index (χ1n) is 6.35. The summed E-state index contributed by atoms with van der Waals surface area (Å²) in [5.74, 6) is 0.749. The van der Waals surface area contributed by atoms with Crippen molar-refractivity contribution in [1.82, 2.24) is 20.8 Å².